The van der Waals surface area contributed by atoms with E-state index in [-0.39, 0.29) is 23.8 Å². The molecule has 0 aliphatic carbocycles. The highest BCUT2D eigenvalue weighted by Crippen LogP contribution is 2.24. The lowest BCUT2D eigenvalue weighted by molar-refractivity contribution is -0.117. The number of carbonyl (C=O) groups is 2. The summed E-state index contributed by atoms with van der Waals surface area (Å²) in [6, 6.07) is 19.2. The molecule has 0 bridgehead atoms. The highest BCUT2D eigenvalue weighted by molar-refractivity contribution is 5.95. The molecule has 0 fully saturated rings. The first kappa shape index (κ1) is 24.1. The molecule has 0 saturated heterocycles. The molecule has 0 aromatic heterocycles. The Hall–Kier alpha value is -3.54. The van der Waals surface area contributed by atoms with Crippen molar-refractivity contribution in [3.63, 3.8) is 0 Å². The number of rotatable bonds is 10. The third-order valence-corrected chi connectivity index (χ3v) is 5.77. The second-order valence-electron chi connectivity index (χ2n) is 8.42. The van der Waals surface area contributed by atoms with Gasteiger partial charge in [0.2, 0.25) is 5.91 Å². The van der Waals surface area contributed by atoms with Crippen LogP contribution < -0.4 is 20.7 Å². The fourth-order valence-electron chi connectivity index (χ4n) is 3.57. The number of methoxy groups -OCH3 is 1. The number of carbonyl (C=O) groups excluding carboxylic acids is 2. The smallest absolute Gasteiger partial charge is 0.251 e. The largest absolute Gasteiger partial charge is 0.497 e. The van der Waals surface area contributed by atoms with Gasteiger partial charge in [0.1, 0.15) is 5.75 Å². The molecule has 3 rings (SSSR count). The van der Waals surface area contributed by atoms with Gasteiger partial charge < -0.3 is 20.7 Å². The van der Waals surface area contributed by atoms with E-state index in [1.807, 2.05) is 67.6 Å². The van der Waals surface area contributed by atoms with Gasteiger partial charge in [-0.1, -0.05) is 26.0 Å². The zero-order valence-electron chi connectivity index (χ0n) is 19.8. The molecule has 6 heteroatoms. The third-order valence-electron chi connectivity index (χ3n) is 5.77. The Balaban J connectivity index is 1.52. The fourth-order valence-corrected chi connectivity index (χ4v) is 3.57. The molecule has 3 aromatic rings. The molecule has 0 spiro atoms. The van der Waals surface area contributed by atoms with Gasteiger partial charge in [0, 0.05) is 35.9 Å². The van der Waals surface area contributed by atoms with Crippen LogP contribution in [0.5, 0.6) is 5.75 Å². The van der Waals surface area contributed by atoms with E-state index in [4.69, 9.17) is 4.74 Å². The number of amides is 2. The zero-order valence-corrected chi connectivity index (χ0v) is 19.8. The number of fused-ring (bicyclic) bond motifs is 1. The van der Waals surface area contributed by atoms with Crippen LogP contribution in [-0.4, -0.2) is 31.5 Å². The summed E-state index contributed by atoms with van der Waals surface area (Å²) in [6.45, 7) is 6.80. The minimum Gasteiger partial charge on any atom is -0.497 e. The fraction of sp³-hybridized carbons (Fsp3) is 0.333. The summed E-state index contributed by atoms with van der Waals surface area (Å²) < 4.78 is 5.26. The van der Waals surface area contributed by atoms with Crippen molar-refractivity contribution < 1.29 is 14.3 Å². The van der Waals surface area contributed by atoms with Crippen LogP contribution in [0.4, 0.5) is 11.4 Å². The van der Waals surface area contributed by atoms with E-state index >= 15 is 0 Å². The van der Waals surface area contributed by atoms with Crippen LogP contribution in [-0.2, 0) is 4.79 Å². The van der Waals surface area contributed by atoms with Gasteiger partial charge in [-0.3, -0.25) is 9.59 Å². The predicted molar refractivity (Wildman–Crippen MR) is 135 cm³/mol. The standard InChI is InChI=1S/C27H33N3O3/c1-5-14-28-27(32)20-6-10-23(11-7-20)29-19(3)18(2)15-26(31)30-24-12-8-22-17-25(33-4)13-9-21(22)16-24/h6-13,16-19,29H,5,14-15H2,1-4H3,(H,28,32)(H,30,31)/t18-,19-/m0/s1. The Bertz CT molecular complexity index is 1100. The van der Waals surface area contributed by atoms with E-state index in [9.17, 15) is 9.59 Å². The van der Waals surface area contributed by atoms with Gasteiger partial charge in [-0.2, -0.15) is 0 Å². The van der Waals surface area contributed by atoms with Gasteiger partial charge >= 0.3 is 0 Å². The first-order valence-corrected chi connectivity index (χ1v) is 11.4. The lowest BCUT2D eigenvalue weighted by atomic mass is 9.98. The zero-order chi connectivity index (χ0) is 23.8. The maximum absolute atomic E-state index is 12.6. The summed E-state index contributed by atoms with van der Waals surface area (Å²) in [6.07, 6.45) is 1.30. The number of nitrogens with one attached hydrogen (secondary N) is 3. The summed E-state index contributed by atoms with van der Waals surface area (Å²) in [5.74, 6) is 0.840. The minimum absolute atomic E-state index is 0.0213. The quantitative estimate of drug-likeness (QED) is 0.386. The number of anilines is 2. The van der Waals surface area contributed by atoms with Crippen LogP contribution in [0, 0.1) is 5.92 Å². The summed E-state index contributed by atoms with van der Waals surface area (Å²) in [7, 11) is 1.65. The van der Waals surface area contributed by atoms with Crippen LogP contribution in [0.3, 0.4) is 0 Å². The van der Waals surface area contributed by atoms with E-state index in [2.05, 4.69) is 29.8 Å². The number of hydrogen-bond donors (Lipinski definition) is 3. The molecule has 2 atom stereocenters. The van der Waals surface area contributed by atoms with E-state index < -0.39 is 0 Å². The van der Waals surface area contributed by atoms with E-state index in [1.54, 1.807) is 7.11 Å². The SMILES string of the molecule is CCCNC(=O)c1ccc(N[C@@H](C)[C@@H](C)CC(=O)Nc2ccc3cc(OC)ccc3c2)cc1. The first-order valence-electron chi connectivity index (χ1n) is 11.4. The van der Waals surface area contributed by atoms with Crippen molar-refractivity contribution in [3.05, 3.63) is 66.2 Å². The summed E-state index contributed by atoms with van der Waals surface area (Å²) in [5, 5.41) is 11.4. The van der Waals surface area contributed by atoms with Crippen molar-refractivity contribution in [2.24, 2.45) is 5.92 Å². The molecule has 0 aliphatic heterocycles. The number of ether oxygens (including phenoxy) is 1. The van der Waals surface area contributed by atoms with Crippen molar-refractivity contribution in [1.82, 2.24) is 5.32 Å². The topological polar surface area (TPSA) is 79.5 Å². The monoisotopic (exact) mass is 447 g/mol. The Kier molecular flexibility index (Phi) is 8.30. The van der Waals surface area contributed by atoms with Crippen LogP contribution in [0.2, 0.25) is 0 Å². The molecule has 0 aliphatic rings. The predicted octanol–water partition coefficient (Wildman–Crippen LogP) is 5.45. The molecule has 0 radical (unpaired) electrons. The van der Waals surface area contributed by atoms with Crippen LogP contribution in [0.25, 0.3) is 10.8 Å². The van der Waals surface area contributed by atoms with Crippen molar-refractivity contribution >= 4 is 34.0 Å². The molecule has 0 unspecified atom stereocenters. The molecule has 33 heavy (non-hydrogen) atoms. The van der Waals surface area contributed by atoms with Gasteiger partial charge in [0.25, 0.3) is 5.91 Å². The van der Waals surface area contributed by atoms with Gasteiger partial charge in [0.05, 0.1) is 7.11 Å². The Morgan fingerprint density at radius 3 is 2.27 bits per heavy atom. The molecule has 0 heterocycles. The average molecular weight is 448 g/mol. The van der Waals surface area contributed by atoms with E-state index in [0.29, 0.717) is 18.5 Å². The summed E-state index contributed by atoms with van der Waals surface area (Å²) in [5.41, 5.74) is 2.34. The Morgan fingerprint density at radius 2 is 1.58 bits per heavy atom. The second-order valence-corrected chi connectivity index (χ2v) is 8.42. The Labute approximate surface area is 195 Å². The highest BCUT2D eigenvalue weighted by atomic mass is 16.5. The molecule has 0 saturated carbocycles. The first-order chi connectivity index (χ1) is 15.9. The molecule has 2 amide bonds. The average Bonchev–Trinajstić information content (AvgIpc) is 2.82. The van der Waals surface area contributed by atoms with Gasteiger partial charge in [-0.05, 0) is 78.6 Å². The molecule has 174 valence electrons. The van der Waals surface area contributed by atoms with Crippen LogP contribution in [0.15, 0.2) is 60.7 Å². The number of hydrogen-bond acceptors (Lipinski definition) is 4. The second kappa shape index (κ2) is 11.4. The highest BCUT2D eigenvalue weighted by Gasteiger charge is 2.17. The molecule has 3 aromatic carbocycles. The van der Waals surface area contributed by atoms with Gasteiger partial charge in [0.15, 0.2) is 0 Å². The number of benzene rings is 3. The van der Waals surface area contributed by atoms with Gasteiger partial charge in [-0.15, -0.1) is 0 Å². The van der Waals surface area contributed by atoms with Crippen LogP contribution in [0.1, 0.15) is 44.0 Å². The Morgan fingerprint density at radius 1 is 0.909 bits per heavy atom. The van der Waals surface area contributed by atoms with Crippen molar-refractivity contribution in [3.8, 4) is 5.75 Å². The summed E-state index contributed by atoms with van der Waals surface area (Å²) >= 11 is 0. The lowest BCUT2D eigenvalue weighted by Crippen LogP contribution is -2.28. The van der Waals surface area contributed by atoms with Crippen LogP contribution >= 0.6 is 0 Å². The lowest BCUT2D eigenvalue weighted by Gasteiger charge is -2.22. The third kappa shape index (κ3) is 6.72. The maximum atomic E-state index is 12.6. The molecular weight excluding hydrogens is 414 g/mol. The minimum atomic E-state index is -0.0608. The van der Waals surface area contributed by atoms with Crippen molar-refractivity contribution in [1.29, 1.82) is 0 Å². The van der Waals surface area contributed by atoms with E-state index in [1.165, 1.54) is 0 Å². The summed E-state index contributed by atoms with van der Waals surface area (Å²) in [4.78, 5) is 24.7. The normalized spacial score (nSPS) is 12.6. The molecular formula is C27H33N3O3. The molecule has 6 nitrogen and oxygen atoms in total. The maximum Gasteiger partial charge on any atom is 0.251 e. The molecule has 3 N–H and O–H groups in total. The van der Waals surface area contributed by atoms with Gasteiger partial charge in [-0.25, -0.2) is 0 Å². The van der Waals surface area contributed by atoms with E-state index in [0.717, 1.165) is 34.3 Å². The van der Waals surface area contributed by atoms with Crippen molar-refractivity contribution in [2.75, 3.05) is 24.3 Å². The van der Waals surface area contributed by atoms with Crippen molar-refractivity contribution in [2.45, 2.75) is 39.7 Å².